The van der Waals surface area contributed by atoms with E-state index in [1.807, 2.05) is 37.7 Å². The van der Waals surface area contributed by atoms with Gasteiger partial charge in [-0.15, -0.1) is 0 Å². The van der Waals surface area contributed by atoms with Gasteiger partial charge in [-0.05, 0) is 33.0 Å². The molecular weight excluding hydrogens is 196 g/mol. The Labute approximate surface area is 89.7 Å². The maximum atomic E-state index is 5.09. The first-order valence-electron chi connectivity index (χ1n) is 4.72. The van der Waals surface area contributed by atoms with Crippen molar-refractivity contribution in [3.8, 4) is 0 Å². The molecule has 0 aromatic carbocycles. The van der Waals surface area contributed by atoms with Crippen molar-refractivity contribution >= 4 is 23.1 Å². The van der Waals surface area contributed by atoms with Crippen LogP contribution < -0.4 is 10.6 Å². The van der Waals surface area contributed by atoms with Gasteiger partial charge in [-0.2, -0.15) is 5.10 Å². The van der Waals surface area contributed by atoms with Crippen molar-refractivity contribution in [2.24, 2.45) is 0 Å². The molecule has 0 spiro atoms. The maximum absolute atomic E-state index is 5.09. The highest BCUT2D eigenvalue weighted by atomic mass is 32.1. The van der Waals surface area contributed by atoms with Gasteiger partial charge in [0.15, 0.2) is 10.9 Å². The first kappa shape index (κ1) is 11.0. The van der Waals surface area contributed by atoms with Crippen molar-refractivity contribution in [3.05, 3.63) is 12.3 Å². The molecule has 0 bridgehead atoms. The van der Waals surface area contributed by atoms with Gasteiger partial charge in [0.05, 0.1) is 0 Å². The minimum absolute atomic E-state index is 0.336. The maximum Gasteiger partial charge on any atom is 0.172 e. The number of rotatable bonds is 3. The summed E-state index contributed by atoms with van der Waals surface area (Å²) < 4.78 is 1.85. The summed E-state index contributed by atoms with van der Waals surface area (Å²) in [4.78, 5) is 0. The van der Waals surface area contributed by atoms with Crippen molar-refractivity contribution in [3.63, 3.8) is 0 Å². The molecule has 14 heavy (non-hydrogen) atoms. The Balaban J connectivity index is 2.47. The summed E-state index contributed by atoms with van der Waals surface area (Å²) in [6.07, 6.45) is 1.92. The molecule has 0 saturated carbocycles. The lowest BCUT2D eigenvalue weighted by atomic mass is 10.4. The highest BCUT2D eigenvalue weighted by molar-refractivity contribution is 7.80. The zero-order valence-corrected chi connectivity index (χ0v) is 9.56. The molecule has 4 nitrogen and oxygen atoms in total. The van der Waals surface area contributed by atoms with Gasteiger partial charge in [-0.25, -0.2) is 0 Å². The molecule has 78 valence electrons. The third-order valence-corrected chi connectivity index (χ3v) is 1.85. The van der Waals surface area contributed by atoms with Crippen molar-refractivity contribution < 1.29 is 0 Å². The van der Waals surface area contributed by atoms with Gasteiger partial charge in [0.25, 0.3) is 0 Å². The van der Waals surface area contributed by atoms with Gasteiger partial charge in [0.2, 0.25) is 0 Å². The summed E-state index contributed by atoms with van der Waals surface area (Å²) in [7, 11) is 0. The molecule has 0 unspecified atom stereocenters. The zero-order valence-electron chi connectivity index (χ0n) is 8.74. The molecule has 0 atom stereocenters. The quantitative estimate of drug-likeness (QED) is 0.747. The van der Waals surface area contributed by atoms with Crippen LogP contribution >= 0.6 is 12.2 Å². The van der Waals surface area contributed by atoms with Gasteiger partial charge in [-0.1, -0.05) is 0 Å². The molecule has 0 aliphatic heterocycles. The predicted octanol–water partition coefficient (Wildman–Crippen LogP) is 1.60. The summed E-state index contributed by atoms with van der Waals surface area (Å²) in [6, 6.07) is 2.24. The molecule has 1 aromatic rings. The van der Waals surface area contributed by atoms with Crippen LogP contribution in [0.2, 0.25) is 0 Å². The van der Waals surface area contributed by atoms with Crippen LogP contribution in [-0.4, -0.2) is 20.9 Å². The number of nitrogens with one attached hydrogen (secondary N) is 2. The third kappa shape index (κ3) is 3.33. The molecule has 2 N–H and O–H groups in total. The molecular formula is C9H16N4S. The lowest BCUT2D eigenvalue weighted by Gasteiger charge is -2.10. The van der Waals surface area contributed by atoms with E-state index in [1.165, 1.54) is 0 Å². The Morgan fingerprint density at radius 1 is 1.64 bits per heavy atom. The fraction of sp³-hybridized carbons (Fsp3) is 0.556. The molecule has 0 radical (unpaired) electrons. The molecule has 0 amide bonds. The van der Waals surface area contributed by atoms with E-state index in [1.54, 1.807) is 0 Å². The summed E-state index contributed by atoms with van der Waals surface area (Å²) in [5.74, 6) is 0.782. The van der Waals surface area contributed by atoms with Gasteiger partial charge in [0.1, 0.15) is 0 Å². The second-order valence-electron chi connectivity index (χ2n) is 3.31. The van der Waals surface area contributed by atoms with Crippen molar-refractivity contribution in [2.45, 2.75) is 33.4 Å². The number of hydrogen-bond donors (Lipinski definition) is 2. The van der Waals surface area contributed by atoms with E-state index in [0.717, 1.165) is 12.4 Å². The third-order valence-electron chi connectivity index (χ3n) is 1.63. The largest absolute Gasteiger partial charge is 0.360 e. The molecule has 0 fully saturated rings. The molecule has 0 aliphatic rings. The van der Waals surface area contributed by atoms with Crippen molar-refractivity contribution in [1.29, 1.82) is 0 Å². The van der Waals surface area contributed by atoms with Gasteiger partial charge < -0.3 is 10.6 Å². The number of hydrogen-bond acceptors (Lipinski definition) is 2. The van der Waals surface area contributed by atoms with Crippen LogP contribution in [0.5, 0.6) is 0 Å². The van der Waals surface area contributed by atoms with Crippen molar-refractivity contribution in [2.75, 3.05) is 5.32 Å². The minimum atomic E-state index is 0.336. The second-order valence-corrected chi connectivity index (χ2v) is 3.72. The van der Waals surface area contributed by atoms with Gasteiger partial charge >= 0.3 is 0 Å². The normalized spacial score (nSPS) is 10.3. The molecule has 1 heterocycles. The van der Waals surface area contributed by atoms with Crippen LogP contribution in [-0.2, 0) is 6.54 Å². The van der Waals surface area contributed by atoms with E-state index < -0.39 is 0 Å². The second kappa shape index (κ2) is 4.95. The van der Waals surface area contributed by atoms with Crippen LogP contribution in [0.15, 0.2) is 12.3 Å². The first-order chi connectivity index (χ1) is 6.61. The highest BCUT2D eigenvalue weighted by Crippen LogP contribution is 2.01. The average molecular weight is 212 g/mol. The van der Waals surface area contributed by atoms with Crippen LogP contribution in [0.4, 0.5) is 5.82 Å². The Bertz CT molecular complexity index is 306. The van der Waals surface area contributed by atoms with E-state index in [9.17, 15) is 0 Å². The standard InChI is InChI=1S/C9H16N4S/c1-4-13-6-5-8(12-13)11-9(14)10-7(2)3/h5-7H,4H2,1-3H3,(H2,10,11,12,14). The SMILES string of the molecule is CCn1ccc(NC(=S)NC(C)C)n1. The minimum Gasteiger partial charge on any atom is -0.360 e. The summed E-state index contributed by atoms with van der Waals surface area (Å²) in [6.45, 7) is 6.99. The molecule has 1 aromatic heterocycles. The van der Waals surface area contributed by atoms with Crippen molar-refractivity contribution in [1.82, 2.24) is 15.1 Å². The van der Waals surface area contributed by atoms with Crippen LogP contribution in [0, 0.1) is 0 Å². The van der Waals surface area contributed by atoms with E-state index >= 15 is 0 Å². The molecule has 0 saturated heterocycles. The lowest BCUT2D eigenvalue weighted by molar-refractivity contribution is 0.662. The Hall–Kier alpha value is -1.10. The monoisotopic (exact) mass is 212 g/mol. The van der Waals surface area contributed by atoms with Crippen LogP contribution in [0.3, 0.4) is 0 Å². The Morgan fingerprint density at radius 2 is 2.36 bits per heavy atom. The highest BCUT2D eigenvalue weighted by Gasteiger charge is 2.01. The molecule has 5 heteroatoms. The van der Waals surface area contributed by atoms with E-state index in [-0.39, 0.29) is 0 Å². The molecule has 1 rings (SSSR count). The van der Waals surface area contributed by atoms with Gasteiger partial charge in [-0.3, -0.25) is 4.68 Å². The smallest absolute Gasteiger partial charge is 0.172 e. The first-order valence-corrected chi connectivity index (χ1v) is 5.13. The number of nitrogens with zero attached hydrogens (tertiary/aromatic N) is 2. The summed E-state index contributed by atoms with van der Waals surface area (Å²) in [5.41, 5.74) is 0. The summed E-state index contributed by atoms with van der Waals surface area (Å²) in [5, 5.41) is 11.0. The number of aromatic nitrogens is 2. The van der Waals surface area contributed by atoms with Crippen LogP contribution in [0.1, 0.15) is 20.8 Å². The zero-order chi connectivity index (χ0) is 10.6. The Kier molecular flexibility index (Phi) is 3.88. The molecule has 0 aliphatic carbocycles. The number of anilines is 1. The lowest BCUT2D eigenvalue weighted by Crippen LogP contribution is -2.34. The number of aryl methyl sites for hydroxylation is 1. The topological polar surface area (TPSA) is 41.9 Å². The fourth-order valence-corrected chi connectivity index (χ4v) is 1.36. The Morgan fingerprint density at radius 3 is 2.86 bits per heavy atom. The average Bonchev–Trinajstić information content (AvgIpc) is 2.50. The summed E-state index contributed by atoms with van der Waals surface area (Å²) >= 11 is 5.09. The van der Waals surface area contributed by atoms with E-state index in [4.69, 9.17) is 12.2 Å². The van der Waals surface area contributed by atoms with E-state index in [2.05, 4.69) is 15.7 Å². The van der Waals surface area contributed by atoms with Gasteiger partial charge in [0, 0.05) is 24.8 Å². The number of thiocarbonyl (C=S) groups is 1. The predicted molar refractivity (Wildman–Crippen MR) is 62.4 cm³/mol. The fourth-order valence-electron chi connectivity index (χ4n) is 1.02. The van der Waals surface area contributed by atoms with E-state index in [0.29, 0.717) is 11.2 Å². The van der Waals surface area contributed by atoms with Crippen LogP contribution in [0.25, 0.3) is 0 Å².